The van der Waals surface area contributed by atoms with Crippen LogP contribution in [0.2, 0.25) is 0 Å². The molecule has 0 aliphatic heterocycles. The first kappa shape index (κ1) is 19.6. The van der Waals surface area contributed by atoms with Gasteiger partial charge in [-0.05, 0) is 62.7 Å². The fourth-order valence-corrected chi connectivity index (χ4v) is 3.43. The summed E-state index contributed by atoms with van der Waals surface area (Å²) in [7, 11) is 1.92. The number of anilines is 1. The van der Waals surface area contributed by atoms with Gasteiger partial charge in [0.2, 0.25) is 0 Å². The van der Waals surface area contributed by atoms with Gasteiger partial charge in [-0.3, -0.25) is 14.5 Å². The van der Waals surface area contributed by atoms with Gasteiger partial charge in [-0.25, -0.2) is 0 Å². The molecule has 2 heterocycles. The highest BCUT2D eigenvalue weighted by Gasteiger charge is 2.14. The van der Waals surface area contributed by atoms with Crippen molar-refractivity contribution in [2.75, 3.05) is 5.32 Å². The highest BCUT2D eigenvalue weighted by molar-refractivity contribution is 6.10. The maximum absolute atomic E-state index is 12.8. The zero-order chi connectivity index (χ0) is 21.3. The number of amides is 1. The molecule has 4 aromatic rings. The average Bonchev–Trinajstić information content (AvgIpc) is 3.06. The molecule has 0 bridgehead atoms. The van der Waals surface area contributed by atoms with Gasteiger partial charge in [0.15, 0.2) is 0 Å². The van der Waals surface area contributed by atoms with Crippen molar-refractivity contribution in [2.24, 2.45) is 7.05 Å². The van der Waals surface area contributed by atoms with E-state index in [9.17, 15) is 4.79 Å². The average molecular weight is 400 g/mol. The van der Waals surface area contributed by atoms with E-state index in [4.69, 9.17) is 4.74 Å². The first-order chi connectivity index (χ1) is 14.4. The summed E-state index contributed by atoms with van der Waals surface area (Å²) in [6.07, 6.45) is 3.71. The van der Waals surface area contributed by atoms with Crippen LogP contribution in [-0.4, -0.2) is 26.8 Å². The van der Waals surface area contributed by atoms with Gasteiger partial charge < -0.3 is 10.1 Å². The number of hydrogen-bond acceptors (Lipinski definition) is 4. The molecule has 30 heavy (non-hydrogen) atoms. The molecule has 0 aliphatic carbocycles. The lowest BCUT2D eigenvalue weighted by molar-refractivity contribution is 0.102. The molecule has 6 nitrogen and oxygen atoms in total. The Labute approximate surface area is 175 Å². The number of pyridine rings is 1. The Bertz CT molecular complexity index is 1210. The summed E-state index contributed by atoms with van der Waals surface area (Å²) in [6, 6.07) is 14.9. The van der Waals surface area contributed by atoms with E-state index in [0.717, 1.165) is 33.5 Å². The minimum atomic E-state index is -0.191. The van der Waals surface area contributed by atoms with Gasteiger partial charge in [0, 0.05) is 35.5 Å². The Morgan fingerprint density at radius 3 is 2.50 bits per heavy atom. The molecule has 152 valence electrons. The van der Waals surface area contributed by atoms with Gasteiger partial charge in [0.05, 0.1) is 23.5 Å². The lowest BCUT2D eigenvalue weighted by Gasteiger charge is -2.12. The molecule has 1 amide bonds. The molecule has 2 aromatic carbocycles. The number of para-hydroxylation sites is 1. The zero-order valence-corrected chi connectivity index (χ0v) is 17.5. The summed E-state index contributed by atoms with van der Waals surface area (Å²) in [5.74, 6) is 0.549. The number of fused-ring (bicyclic) bond motifs is 1. The second-order valence-corrected chi connectivity index (χ2v) is 7.47. The first-order valence-electron chi connectivity index (χ1n) is 9.89. The summed E-state index contributed by atoms with van der Waals surface area (Å²) < 4.78 is 7.49. The second kappa shape index (κ2) is 7.99. The fraction of sp³-hybridized carbons (Fsp3) is 0.208. The van der Waals surface area contributed by atoms with Crippen molar-refractivity contribution in [3.8, 4) is 16.9 Å². The first-order valence-corrected chi connectivity index (χ1v) is 9.89. The Hall–Kier alpha value is -3.67. The molecule has 1 N–H and O–H groups in total. The molecule has 0 fully saturated rings. The predicted octanol–water partition coefficient (Wildman–Crippen LogP) is 4.98. The highest BCUT2D eigenvalue weighted by atomic mass is 16.5. The Morgan fingerprint density at radius 2 is 1.83 bits per heavy atom. The van der Waals surface area contributed by atoms with Crippen LogP contribution in [0.25, 0.3) is 22.0 Å². The van der Waals surface area contributed by atoms with Crippen LogP contribution in [0.5, 0.6) is 5.75 Å². The van der Waals surface area contributed by atoms with Crippen molar-refractivity contribution >= 4 is 22.5 Å². The molecule has 0 spiro atoms. The van der Waals surface area contributed by atoms with E-state index in [0.29, 0.717) is 11.3 Å². The van der Waals surface area contributed by atoms with E-state index in [1.807, 2.05) is 63.0 Å². The van der Waals surface area contributed by atoms with E-state index >= 15 is 0 Å². The minimum absolute atomic E-state index is 0.0871. The third kappa shape index (κ3) is 3.76. The number of aryl methyl sites for hydroxylation is 1. The number of hydrogen-bond donors (Lipinski definition) is 1. The molecule has 6 heteroatoms. The van der Waals surface area contributed by atoms with Gasteiger partial charge in [-0.1, -0.05) is 12.1 Å². The second-order valence-electron chi connectivity index (χ2n) is 7.47. The number of carbonyl (C=O) groups is 1. The topological polar surface area (TPSA) is 69.0 Å². The quantitative estimate of drug-likeness (QED) is 0.513. The van der Waals surface area contributed by atoms with Gasteiger partial charge in [0.25, 0.3) is 5.91 Å². The fourth-order valence-electron chi connectivity index (χ4n) is 3.43. The molecule has 0 unspecified atom stereocenters. The normalized spacial score (nSPS) is 11.1. The summed E-state index contributed by atoms with van der Waals surface area (Å²) in [4.78, 5) is 17.3. The molecule has 0 radical (unpaired) electrons. The SMILES string of the molecule is Cc1c(-c2ccnc3c(NC(=O)c4ccc(OC(C)C)cc4)cccc23)cnn1C. The van der Waals surface area contributed by atoms with Crippen LogP contribution in [0.4, 0.5) is 5.69 Å². The number of aromatic nitrogens is 3. The van der Waals surface area contributed by atoms with Gasteiger partial charge in [-0.15, -0.1) is 0 Å². The van der Waals surface area contributed by atoms with E-state index in [1.165, 1.54) is 0 Å². The Morgan fingerprint density at radius 1 is 1.07 bits per heavy atom. The predicted molar refractivity (Wildman–Crippen MR) is 119 cm³/mol. The number of carbonyl (C=O) groups excluding carboxylic acids is 1. The van der Waals surface area contributed by atoms with Crippen LogP contribution >= 0.6 is 0 Å². The number of benzene rings is 2. The third-order valence-electron chi connectivity index (χ3n) is 5.03. The molecule has 2 aromatic heterocycles. The summed E-state index contributed by atoms with van der Waals surface area (Å²) in [5, 5.41) is 8.31. The zero-order valence-electron chi connectivity index (χ0n) is 17.5. The number of nitrogens with one attached hydrogen (secondary N) is 1. The Kier molecular flexibility index (Phi) is 5.23. The highest BCUT2D eigenvalue weighted by Crippen LogP contribution is 2.32. The number of rotatable bonds is 5. The van der Waals surface area contributed by atoms with Crippen LogP contribution in [0, 0.1) is 6.92 Å². The van der Waals surface area contributed by atoms with Crippen molar-refractivity contribution in [2.45, 2.75) is 26.9 Å². The van der Waals surface area contributed by atoms with E-state index < -0.39 is 0 Å². The smallest absolute Gasteiger partial charge is 0.255 e. The molecular formula is C24H24N4O2. The van der Waals surface area contributed by atoms with Crippen LogP contribution in [0.3, 0.4) is 0 Å². The molecule has 0 aliphatic rings. The number of nitrogens with zero attached hydrogens (tertiary/aromatic N) is 3. The Balaban J connectivity index is 1.66. The summed E-state index contributed by atoms with van der Waals surface area (Å²) >= 11 is 0. The van der Waals surface area contributed by atoms with Crippen molar-refractivity contribution in [3.63, 3.8) is 0 Å². The van der Waals surface area contributed by atoms with E-state index in [1.54, 1.807) is 30.5 Å². The van der Waals surface area contributed by atoms with E-state index in [-0.39, 0.29) is 12.0 Å². The lowest BCUT2D eigenvalue weighted by atomic mass is 10.0. The molecule has 0 saturated heterocycles. The van der Waals surface area contributed by atoms with Crippen LogP contribution in [0.15, 0.2) is 60.9 Å². The minimum Gasteiger partial charge on any atom is -0.491 e. The van der Waals surface area contributed by atoms with Crippen LogP contribution in [-0.2, 0) is 7.05 Å². The van der Waals surface area contributed by atoms with Gasteiger partial charge in [0.1, 0.15) is 5.75 Å². The van der Waals surface area contributed by atoms with Crippen molar-refractivity contribution < 1.29 is 9.53 Å². The van der Waals surface area contributed by atoms with Crippen LogP contribution in [0.1, 0.15) is 29.9 Å². The van der Waals surface area contributed by atoms with Gasteiger partial charge in [-0.2, -0.15) is 5.10 Å². The molecule has 4 rings (SSSR count). The van der Waals surface area contributed by atoms with Crippen molar-refractivity contribution in [3.05, 3.63) is 72.2 Å². The van der Waals surface area contributed by atoms with Crippen LogP contribution < -0.4 is 10.1 Å². The van der Waals surface area contributed by atoms with Gasteiger partial charge >= 0.3 is 0 Å². The number of ether oxygens (including phenoxy) is 1. The maximum Gasteiger partial charge on any atom is 0.255 e. The molecule has 0 saturated carbocycles. The third-order valence-corrected chi connectivity index (χ3v) is 5.03. The standard InChI is InChI=1S/C24H24N4O2/c1-15(2)30-18-10-8-17(9-11-18)24(29)27-22-7-5-6-20-19(12-13-25-23(20)22)21-14-26-28(4)16(21)3/h5-15H,1-4H3,(H,27,29). The largest absolute Gasteiger partial charge is 0.491 e. The molecular weight excluding hydrogens is 376 g/mol. The van der Waals surface area contributed by atoms with E-state index in [2.05, 4.69) is 15.4 Å². The monoisotopic (exact) mass is 400 g/mol. The lowest BCUT2D eigenvalue weighted by Crippen LogP contribution is -2.12. The molecule has 0 atom stereocenters. The van der Waals surface area contributed by atoms with Crippen molar-refractivity contribution in [1.29, 1.82) is 0 Å². The summed E-state index contributed by atoms with van der Waals surface area (Å²) in [6.45, 7) is 5.97. The summed E-state index contributed by atoms with van der Waals surface area (Å²) in [5.41, 5.74) is 5.13. The maximum atomic E-state index is 12.8. The van der Waals surface area contributed by atoms with Crippen molar-refractivity contribution in [1.82, 2.24) is 14.8 Å².